The van der Waals surface area contributed by atoms with Gasteiger partial charge in [-0.3, -0.25) is 4.90 Å². The first-order chi connectivity index (χ1) is 16.8. The van der Waals surface area contributed by atoms with E-state index in [2.05, 4.69) is 21.9 Å². The molecule has 0 radical (unpaired) electrons. The number of benzene rings is 3. The van der Waals surface area contributed by atoms with E-state index in [9.17, 15) is 13.9 Å². The van der Waals surface area contributed by atoms with Gasteiger partial charge in [-0.15, -0.1) is 0 Å². The van der Waals surface area contributed by atoms with Gasteiger partial charge in [0, 0.05) is 40.9 Å². The number of aromatic nitrogens is 3. The van der Waals surface area contributed by atoms with E-state index in [4.69, 9.17) is 11.6 Å². The number of nitrogens with zero attached hydrogens (tertiary/aromatic N) is 4. The Balaban J connectivity index is 1.48. The van der Waals surface area contributed by atoms with Gasteiger partial charge < -0.3 is 5.11 Å². The molecule has 1 atom stereocenters. The van der Waals surface area contributed by atoms with Crippen LogP contribution in [0, 0.1) is 23.5 Å². The van der Waals surface area contributed by atoms with E-state index in [0.29, 0.717) is 11.6 Å². The van der Waals surface area contributed by atoms with Crippen molar-refractivity contribution >= 4 is 11.6 Å². The third kappa shape index (κ3) is 6.52. The van der Waals surface area contributed by atoms with Crippen molar-refractivity contribution < 1.29 is 13.9 Å². The molecule has 0 bridgehead atoms. The van der Waals surface area contributed by atoms with Crippen LogP contribution >= 0.6 is 11.6 Å². The highest BCUT2D eigenvalue weighted by molar-refractivity contribution is 6.30. The van der Waals surface area contributed by atoms with Crippen LogP contribution in [0.1, 0.15) is 22.3 Å². The van der Waals surface area contributed by atoms with Gasteiger partial charge in [-0.05, 0) is 49.0 Å². The molecule has 0 aliphatic carbocycles. The molecule has 0 saturated carbocycles. The lowest BCUT2D eigenvalue weighted by Crippen LogP contribution is -2.43. The number of halogens is 3. The van der Waals surface area contributed by atoms with Crippen LogP contribution in [0.15, 0.2) is 79.4 Å². The van der Waals surface area contributed by atoms with Crippen LogP contribution in [0.2, 0.25) is 5.02 Å². The van der Waals surface area contributed by atoms with E-state index in [1.807, 2.05) is 54.4 Å². The Morgan fingerprint density at radius 3 is 2.49 bits per heavy atom. The maximum Gasteiger partial charge on any atom is 0.137 e. The number of hydrogen-bond donors (Lipinski definition) is 1. The monoisotopic (exact) mass is 492 g/mol. The molecule has 3 aromatic carbocycles. The lowest BCUT2D eigenvalue weighted by Gasteiger charge is -2.33. The van der Waals surface area contributed by atoms with Crippen LogP contribution in [0.3, 0.4) is 0 Å². The molecule has 0 spiro atoms. The van der Waals surface area contributed by atoms with Gasteiger partial charge >= 0.3 is 0 Å². The Labute approximate surface area is 207 Å². The minimum absolute atomic E-state index is 0.00659. The Bertz CT molecular complexity index is 1350. The molecule has 8 heteroatoms. The lowest BCUT2D eigenvalue weighted by atomic mass is 9.92. The van der Waals surface area contributed by atoms with Crippen molar-refractivity contribution in [2.24, 2.45) is 0 Å². The number of likely N-dealkylation sites (N-methyl/N-ethyl adjacent to an activating group) is 1. The minimum atomic E-state index is -1.66. The predicted molar refractivity (Wildman–Crippen MR) is 130 cm³/mol. The molecule has 1 aromatic heterocycles. The second-order valence-corrected chi connectivity index (χ2v) is 8.81. The first-order valence-corrected chi connectivity index (χ1v) is 11.2. The average molecular weight is 493 g/mol. The fraction of sp³-hybridized carbons (Fsp3) is 0.185. The Kier molecular flexibility index (Phi) is 7.57. The lowest BCUT2D eigenvalue weighted by molar-refractivity contribution is -0.0175. The first-order valence-electron chi connectivity index (χ1n) is 10.9. The number of hydrogen-bond acceptors (Lipinski definition) is 4. The average Bonchev–Trinajstić information content (AvgIpc) is 3.31. The summed E-state index contributed by atoms with van der Waals surface area (Å²) in [5, 5.41) is 16.2. The van der Waals surface area contributed by atoms with E-state index in [1.54, 1.807) is 6.07 Å². The van der Waals surface area contributed by atoms with Gasteiger partial charge in [-0.2, -0.15) is 5.10 Å². The molecular formula is C27H23ClF2N4O. The standard InChI is InChI=1S/C27H23ClF2N4O/c1-33(15-22-9-6-20(7-10-22)5-8-21-3-2-4-23(28)13-21)16-27(35,17-34-19-31-18-32-34)25-12-11-24(29)14-26(25)30/h2-4,6-7,9-14,18-19,35H,15-17H2,1H3. The summed E-state index contributed by atoms with van der Waals surface area (Å²) in [5.74, 6) is 4.68. The SMILES string of the molecule is CN(Cc1ccc(C#Cc2cccc(Cl)c2)cc1)CC(O)(Cn1cncn1)c1ccc(F)cc1F. The number of rotatable bonds is 7. The van der Waals surface area contributed by atoms with Gasteiger partial charge in [0.15, 0.2) is 0 Å². The summed E-state index contributed by atoms with van der Waals surface area (Å²) >= 11 is 6.00. The van der Waals surface area contributed by atoms with E-state index in [1.165, 1.54) is 23.4 Å². The molecule has 5 nitrogen and oxygen atoms in total. The van der Waals surface area contributed by atoms with Crippen molar-refractivity contribution in [1.29, 1.82) is 0 Å². The van der Waals surface area contributed by atoms with Gasteiger partial charge in [0.25, 0.3) is 0 Å². The molecule has 35 heavy (non-hydrogen) atoms. The van der Waals surface area contributed by atoms with E-state index in [0.717, 1.165) is 28.8 Å². The van der Waals surface area contributed by atoms with E-state index in [-0.39, 0.29) is 18.7 Å². The largest absolute Gasteiger partial charge is 0.382 e. The fourth-order valence-corrected chi connectivity index (χ4v) is 4.08. The summed E-state index contributed by atoms with van der Waals surface area (Å²) in [6, 6.07) is 18.3. The molecule has 178 valence electrons. The van der Waals surface area contributed by atoms with Crippen molar-refractivity contribution in [3.8, 4) is 11.8 Å². The van der Waals surface area contributed by atoms with Crippen molar-refractivity contribution in [1.82, 2.24) is 19.7 Å². The zero-order chi connectivity index (χ0) is 24.8. The van der Waals surface area contributed by atoms with Crippen LogP contribution in [0.5, 0.6) is 0 Å². The van der Waals surface area contributed by atoms with Gasteiger partial charge in [0.2, 0.25) is 0 Å². The highest BCUT2D eigenvalue weighted by atomic mass is 35.5. The highest BCUT2D eigenvalue weighted by Crippen LogP contribution is 2.28. The van der Waals surface area contributed by atoms with Gasteiger partial charge in [-0.1, -0.05) is 47.7 Å². The second-order valence-electron chi connectivity index (χ2n) is 8.38. The van der Waals surface area contributed by atoms with Crippen LogP contribution < -0.4 is 0 Å². The van der Waals surface area contributed by atoms with Gasteiger partial charge in [-0.25, -0.2) is 18.4 Å². The molecule has 1 unspecified atom stereocenters. The summed E-state index contributed by atoms with van der Waals surface area (Å²) in [6.07, 6.45) is 2.78. The van der Waals surface area contributed by atoms with Crippen molar-refractivity contribution in [2.45, 2.75) is 18.7 Å². The Morgan fingerprint density at radius 2 is 1.80 bits per heavy atom. The van der Waals surface area contributed by atoms with Crippen LogP contribution in [-0.4, -0.2) is 38.4 Å². The fourth-order valence-electron chi connectivity index (χ4n) is 3.89. The molecule has 4 rings (SSSR count). The molecule has 0 aliphatic heterocycles. The Morgan fingerprint density at radius 1 is 1.03 bits per heavy atom. The molecular weight excluding hydrogens is 470 g/mol. The quantitative estimate of drug-likeness (QED) is 0.382. The van der Waals surface area contributed by atoms with Crippen LogP contribution in [-0.2, 0) is 18.7 Å². The normalized spacial score (nSPS) is 12.7. The molecule has 1 N–H and O–H groups in total. The second kappa shape index (κ2) is 10.8. The first kappa shape index (κ1) is 24.6. The third-order valence-electron chi connectivity index (χ3n) is 5.44. The van der Waals surface area contributed by atoms with Crippen molar-refractivity contribution in [3.05, 3.63) is 118 Å². The smallest absolute Gasteiger partial charge is 0.137 e. The molecule has 0 saturated heterocycles. The summed E-state index contributed by atoms with van der Waals surface area (Å²) in [6.45, 7) is 0.522. The minimum Gasteiger partial charge on any atom is -0.382 e. The predicted octanol–water partition coefficient (Wildman–Crippen LogP) is 4.63. The molecule has 0 fully saturated rings. The summed E-state index contributed by atoms with van der Waals surface area (Å²) in [4.78, 5) is 5.75. The molecule has 0 aliphatic rings. The summed E-state index contributed by atoms with van der Waals surface area (Å²) in [7, 11) is 1.82. The van der Waals surface area contributed by atoms with Crippen molar-refractivity contribution in [2.75, 3.05) is 13.6 Å². The molecule has 0 amide bonds. The van der Waals surface area contributed by atoms with E-state index >= 15 is 0 Å². The molecule has 4 aromatic rings. The maximum absolute atomic E-state index is 14.6. The summed E-state index contributed by atoms with van der Waals surface area (Å²) < 4.78 is 29.5. The zero-order valence-electron chi connectivity index (χ0n) is 19.0. The van der Waals surface area contributed by atoms with E-state index < -0.39 is 17.2 Å². The highest BCUT2D eigenvalue weighted by Gasteiger charge is 2.34. The zero-order valence-corrected chi connectivity index (χ0v) is 19.8. The van der Waals surface area contributed by atoms with Crippen LogP contribution in [0.25, 0.3) is 0 Å². The third-order valence-corrected chi connectivity index (χ3v) is 5.67. The van der Waals surface area contributed by atoms with Crippen molar-refractivity contribution in [3.63, 3.8) is 0 Å². The maximum atomic E-state index is 14.6. The molecule has 1 heterocycles. The summed E-state index contributed by atoms with van der Waals surface area (Å²) in [5.41, 5.74) is 1.01. The number of aliphatic hydroxyl groups is 1. The Hall–Kier alpha value is -3.57. The van der Waals surface area contributed by atoms with Gasteiger partial charge in [0.1, 0.15) is 29.9 Å². The van der Waals surface area contributed by atoms with Crippen LogP contribution in [0.4, 0.5) is 8.78 Å². The van der Waals surface area contributed by atoms with Gasteiger partial charge in [0.05, 0.1) is 6.54 Å². The topological polar surface area (TPSA) is 54.2 Å².